The molecule has 0 bridgehead atoms. The number of piperidine rings is 1. The maximum absolute atomic E-state index is 15.7. The first-order chi connectivity index (χ1) is 37.9. The number of aromatic nitrogens is 1. The largest absolute Gasteiger partial charge is 0.501 e. The smallest absolute Gasteiger partial charge is 0.465 e. The van der Waals surface area contributed by atoms with Crippen LogP contribution in [0.15, 0.2) is 130 Å². The molecule has 2 aliphatic rings. The van der Waals surface area contributed by atoms with E-state index in [1.165, 1.54) is 17.8 Å². The first kappa shape index (κ1) is 60.7. The Hall–Kier alpha value is -5.38. The summed E-state index contributed by atoms with van der Waals surface area (Å²) in [6.07, 6.45) is 0.698. The van der Waals surface area contributed by atoms with Gasteiger partial charge in [0.25, 0.3) is 9.84 Å². The number of anilines is 5. The Bertz CT molecular complexity index is 3270. The number of halogens is 5. The minimum absolute atomic E-state index is 0.123. The number of sulfone groups is 1. The summed E-state index contributed by atoms with van der Waals surface area (Å²) in [7, 11) is -8.27. The lowest BCUT2D eigenvalue weighted by Crippen LogP contribution is -2.46. The first-order valence-corrected chi connectivity index (χ1v) is 31.8. The number of likely N-dealkylation sites (tertiary alicyclic amines) is 1. The van der Waals surface area contributed by atoms with Crippen molar-refractivity contribution in [3.63, 3.8) is 0 Å². The van der Waals surface area contributed by atoms with Crippen molar-refractivity contribution in [3.8, 4) is 22.4 Å². The van der Waals surface area contributed by atoms with E-state index in [9.17, 15) is 30.9 Å². The van der Waals surface area contributed by atoms with E-state index < -0.39 is 58.0 Å². The van der Waals surface area contributed by atoms with Crippen molar-refractivity contribution in [3.05, 3.63) is 132 Å². The van der Waals surface area contributed by atoms with Crippen LogP contribution in [0.5, 0.6) is 0 Å². The fourth-order valence-electron chi connectivity index (χ4n) is 10.2. The lowest BCUT2D eigenvalue weighted by atomic mass is 9.80. The third kappa shape index (κ3) is 14.8. The minimum Gasteiger partial charge on any atom is -0.465 e. The zero-order chi connectivity index (χ0) is 57.6. The first-order valence-electron chi connectivity index (χ1n) is 26.3. The molecule has 2 saturated heterocycles. The number of esters is 1. The van der Waals surface area contributed by atoms with Gasteiger partial charge in [-0.1, -0.05) is 41.9 Å². The molecule has 2 fully saturated rings. The molecule has 6 aromatic rings. The SMILES string of the molecule is CNc1c(-c2cc(F)cc(N3CCN(c4ccc(NSc5ccc(N[C@H](CCN6CCC(C)(C(=O)OCCP(=O)(O)O)CC6)CSc6ccccc6)c(S(=O)(=O)C(F)(F)F)c5)cc4)CC3)c2)c(-c2ccc(Cl)cc2)n(C(C)C)c1C. The van der Waals surface area contributed by atoms with Gasteiger partial charge in [0.2, 0.25) is 0 Å². The van der Waals surface area contributed by atoms with Gasteiger partial charge >= 0.3 is 19.1 Å². The van der Waals surface area contributed by atoms with Gasteiger partial charge < -0.3 is 49.1 Å². The highest BCUT2D eigenvalue weighted by atomic mass is 35.5. The highest BCUT2D eigenvalue weighted by Gasteiger charge is 2.48. The standard InChI is InChI=1S/C57H67ClF4N7O7PS3/c1-38(2)69-39(3)53(63-5)52(54(69)40-11-13-42(58)14-12-40)41-33-43(59)35-47(34-41)68-29-27-67(28-30-68)46-17-15-44(16-18-46)65-79-49-19-20-50(51(36-49)80(74,75)57(60,61)62)64-45(37-78-48-9-7-6-8-10-48)21-24-66-25-22-56(4,23-26-66)55(70)76-31-32-77(71,72)73/h6-20,33-36,38,45,63-65H,21-32,37H2,1-5H3,(H2,71,72,73)/t45-/m1/s1. The lowest BCUT2D eigenvalue weighted by molar-refractivity contribution is -0.157. The van der Waals surface area contributed by atoms with Crippen LogP contribution in [0.4, 0.5) is 46.0 Å². The van der Waals surface area contributed by atoms with Crippen LogP contribution in [0, 0.1) is 18.2 Å². The van der Waals surface area contributed by atoms with E-state index in [2.05, 4.69) is 61.5 Å². The van der Waals surface area contributed by atoms with Crippen molar-refractivity contribution in [2.75, 3.05) is 96.5 Å². The fraction of sp³-hybridized carbons (Fsp3) is 0.386. The molecule has 5 N–H and O–H groups in total. The Morgan fingerprint density at radius 2 is 1.50 bits per heavy atom. The molecular formula is C57H67ClF4N7O7PS3. The van der Waals surface area contributed by atoms with Crippen molar-refractivity contribution >= 4 is 87.1 Å². The molecule has 8 rings (SSSR count). The van der Waals surface area contributed by atoms with Crippen molar-refractivity contribution < 1.29 is 49.9 Å². The van der Waals surface area contributed by atoms with Crippen LogP contribution in [-0.2, 0) is 23.9 Å². The zero-order valence-corrected chi connectivity index (χ0v) is 49.2. The summed E-state index contributed by atoms with van der Waals surface area (Å²) in [5, 5.41) is 7.18. The van der Waals surface area contributed by atoms with Crippen molar-refractivity contribution in [1.29, 1.82) is 0 Å². The van der Waals surface area contributed by atoms with Gasteiger partial charge in [0.05, 0.1) is 28.6 Å². The lowest BCUT2D eigenvalue weighted by Gasteiger charge is -2.38. The van der Waals surface area contributed by atoms with Crippen LogP contribution < -0.4 is 25.2 Å². The molecule has 23 heteroatoms. The number of carbonyl (C=O) groups is 1. The highest BCUT2D eigenvalue weighted by molar-refractivity contribution is 8.00. The topological polar surface area (TPSA) is 169 Å². The third-order valence-electron chi connectivity index (χ3n) is 14.6. The summed E-state index contributed by atoms with van der Waals surface area (Å²) < 4.78 is 107. The molecular weight excluding hydrogens is 1130 g/mol. The van der Waals surface area contributed by atoms with Gasteiger partial charge in [-0.2, -0.15) is 13.2 Å². The highest BCUT2D eigenvalue weighted by Crippen LogP contribution is 2.46. The van der Waals surface area contributed by atoms with Crippen LogP contribution in [0.1, 0.15) is 51.8 Å². The molecule has 0 radical (unpaired) electrons. The quantitative estimate of drug-likeness (QED) is 0.0143. The average molecular weight is 1200 g/mol. The normalized spacial score (nSPS) is 15.7. The minimum atomic E-state index is -5.82. The van der Waals surface area contributed by atoms with E-state index in [4.69, 9.17) is 26.1 Å². The number of rotatable bonds is 22. The average Bonchev–Trinajstić information content (AvgIpc) is 3.84. The number of carbonyl (C=O) groups excluding carboxylic acids is 1. The number of hydrogen-bond acceptors (Lipinski definition) is 13. The molecule has 0 aliphatic carbocycles. The molecule has 5 aromatic carbocycles. The molecule has 14 nitrogen and oxygen atoms in total. The molecule has 0 saturated carbocycles. The number of thioether (sulfide) groups is 1. The van der Waals surface area contributed by atoms with Crippen LogP contribution in [0.25, 0.3) is 22.4 Å². The molecule has 0 spiro atoms. The molecule has 3 heterocycles. The van der Waals surface area contributed by atoms with Gasteiger partial charge in [-0.25, -0.2) is 12.8 Å². The maximum Gasteiger partial charge on any atom is 0.501 e. The van der Waals surface area contributed by atoms with Gasteiger partial charge in [0.1, 0.15) is 17.3 Å². The second-order valence-corrected chi connectivity index (χ2v) is 26.7. The summed E-state index contributed by atoms with van der Waals surface area (Å²) >= 11 is 8.76. The van der Waals surface area contributed by atoms with Gasteiger partial charge in [-0.05, 0) is 168 Å². The van der Waals surface area contributed by atoms with Crippen LogP contribution in [-0.4, -0.2) is 117 Å². The third-order valence-corrected chi connectivity index (χ3v) is 19.2. The van der Waals surface area contributed by atoms with E-state index in [0.29, 0.717) is 81.5 Å². The maximum atomic E-state index is 15.7. The number of alkyl halides is 3. The number of hydrogen-bond donors (Lipinski definition) is 5. The van der Waals surface area contributed by atoms with Crippen LogP contribution in [0.2, 0.25) is 5.02 Å². The second-order valence-electron chi connectivity index (χ2n) is 20.6. The predicted octanol–water partition coefficient (Wildman–Crippen LogP) is 13.1. The Morgan fingerprint density at radius 1 is 0.850 bits per heavy atom. The number of nitrogens with zero attached hydrogens (tertiary/aromatic N) is 4. The van der Waals surface area contributed by atoms with Gasteiger partial charge in [0, 0.05) is 101 Å². The molecule has 0 amide bonds. The number of benzene rings is 5. The van der Waals surface area contributed by atoms with Crippen molar-refractivity contribution in [2.45, 2.75) is 79.2 Å². The van der Waals surface area contributed by atoms with Crippen molar-refractivity contribution in [2.24, 2.45) is 5.41 Å². The van der Waals surface area contributed by atoms with E-state index in [1.54, 1.807) is 25.1 Å². The number of ether oxygens (including phenoxy) is 1. The Morgan fingerprint density at radius 3 is 2.11 bits per heavy atom. The van der Waals surface area contributed by atoms with Gasteiger partial charge in [0.15, 0.2) is 0 Å². The Balaban J connectivity index is 0.919. The molecule has 2 aliphatic heterocycles. The summed E-state index contributed by atoms with van der Waals surface area (Å²) in [4.78, 5) is 38.0. The van der Waals surface area contributed by atoms with E-state index in [-0.39, 0.29) is 22.4 Å². The Kier molecular flexibility index (Phi) is 19.6. The fourth-order valence-corrected chi connectivity index (χ4v) is 13.4. The van der Waals surface area contributed by atoms with Gasteiger partial charge in [-0.15, -0.1) is 11.8 Å². The molecule has 1 aromatic heterocycles. The molecule has 430 valence electrons. The summed E-state index contributed by atoms with van der Waals surface area (Å²) in [5.74, 6) is -0.479. The molecule has 1 atom stereocenters. The van der Waals surface area contributed by atoms with E-state index in [1.807, 2.05) is 85.9 Å². The molecule has 0 unspecified atom stereocenters. The zero-order valence-electron chi connectivity index (χ0n) is 45.1. The van der Waals surface area contributed by atoms with Crippen molar-refractivity contribution in [1.82, 2.24) is 9.47 Å². The van der Waals surface area contributed by atoms with Crippen LogP contribution >= 0.6 is 42.9 Å². The monoisotopic (exact) mass is 1200 g/mol. The summed E-state index contributed by atoms with van der Waals surface area (Å²) in [5.41, 5.74) is 1.31. The van der Waals surface area contributed by atoms with Crippen LogP contribution in [0.3, 0.4) is 0 Å². The van der Waals surface area contributed by atoms with E-state index in [0.717, 1.165) is 68.1 Å². The summed E-state index contributed by atoms with van der Waals surface area (Å²) in [6.45, 7) is 11.7. The second kappa shape index (κ2) is 25.8. The van der Waals surface area contributed by atoms with Gasteiger partial charge in [-0.3, -0.25) is 9.36 Å². The predicted molar refractivity (Wildman–Crippen MR) is 316 cm³/mol. The molecule has 80 heavy (non-hydrogen) atoms. The number of piperazine rings is 1. The number of nitrogens with one attached hydrogen (secondary N) is 3. The van der Waals surface area contributed by atoms with E-state index >= 15 is 4.39 Å². The Labute approximate surface area is 479 Å². The summed E-state index contributed by atoms with van der Waals surface area (Å²) in [6, 6.07) is 33.5.